The number of nitrogens with zero attached hydrogens (tertiary/aromatic N) is 1. The van der Waals surface area contributed by atoms with Gasteiger partial charge in [0.25, 0.3) is 0 Å². The van der Waals surface area contributed by atoms with Gasteiger partial charge in [-0.15, -0.1) is 11.3 Å². The second-order valence-corrected chi connectivity index (χ2v) is 5.28. The van der Waals surface area contributed by atoms with Crippen LogP contribution in [0.15, 0.2) is 54.2 Å². The van der Waals surface area contributed by atoms with E-state index in [1.54, 1.807) is 17.5 Å². The average molecular weight is 255 g/mol. The Balaban J connectivity index is 1.98. The quantitative estimate of drug-likeness (QED) is 0.776. The highest BCUT2D eigenvalue weighted by atomic mass is 32.1. The molecule has 0 saturated carbocycles. The Kier molecular flexibility index (Phi) is 3.09. The van der Waals surface area contributed by atoms with Crippen LogP contribution in [0, 0.1) is 0 Å². The van der Waals surface area contributed by atoms with E-state index in [2.05, 4.69) is 11.1 Å². The number of hydrogen-bond acceptors (Lipinski definition) is 3. The molecular formula is C15H13NOS. The summed E-state index contributed by atoms with van der Waals surface area (Å²) < 4.78 is 0. The van der Waals surface area contributed by atoms with Crippen LogP contribution in [0.3, 0.4) is 0 Å². The molecule has 1 N–H and O–H groups in total. The summed E-state index contributed by atoms with van der Waals surface area (Å²) in [5.41, 5.74) is 0.953. The fraction of sp³-hybridized carbons (Fsp3) is 0.133. The van der Waals surface area contributed by atoms with Crippen molar-refractivity contribution < 1.29 is 5.11 Å². The SMILES string of the molecule is OC(Cc1cccs1)c1cccc2ccncc12. The van der Waals surface area contributed by atoms with Crippen molar-refractivity contribution in [3.05, 3.63) is 64.6 Å². The first-order valence-corrected chi connectivity index (χ1v) is 6.75. The van der Waals surface area contributed by atoms with Crippen molar-refractivity contribution in [3.8, 4) is 0 Å². The van der Waals surface area contributed by atoms with E-state index in [4.69, 9.17) is 0 Å². The van der Waals surface area contributed by atoms with Gasteiger partial charge in [-0.3, -0.25) is 4.98 Å². The smallest absolute Gasteiger partial charge is 0.0844 e. The summed E-state index contributed by atoms with van der Waals surface area (Å²) in [4.78, 5) is 5.34. The highest BCUT2D eigenvalue weighted by Crippen LogP contribution is 2.27. The van der Waals surface area contributed by atoms with Gasteiger partial charge in [-0.25, -0.2) is 0 Å². The van der Waals surface area contributed by atoms with E-state index >= 15 is 0 Å². The van der Waals surface area contributed by atoms with Gasteiger partial charge >= 0.3 is 0 Å². The molecule has 2 aromatic heterocycles. The van der Waals surface area contributed by atoms with E-state index in [0.717, 1.165) is 16.3 Å². The number of fused-ring (bicyclic) bond motifs is 1. The normalized spacial score (nSPS) is 12.7. The van der Waals surface area contributed by atoms with Crippen LogP contribution in [0.2, 0.25) is 0 Å². The molecule has 0 bridgehead atoms. The second kappa shape index (κ2) is 4.88. The van der Waals surface area contributed by atoms with Gasteiger partial charge in [-0.2, -0.15) is 0 Å². The minimum absolute atomic E-state index is 0.475. The van der Waals surface area contributed by atoms with E-state index < -0.39 is 6.10 Å². The van der Waals surface area contributed by atoms with Crippen molar-refractivity contribution in [2.24, 2.45) is 0 Å². The summed E-state index contributed by atoms with van der Waals surface area (Å²) in [5.74, 6) is 0. The Bertz CT molecular complexity index is 643. The lowest BCUT2D eigenvalue weighted by Gasteiger charge is -2.12. The summed E-state index contributed by atoms with van der Waals surface area (Å²) in [5, 5.41) is 14.6. The fourth-order valence-electron chi connectivity index (χ4n) is 2.16. The van der Waals surface area contributed by atoms with Gasteiger partial charge in [0, 0.05) is 29.1 Å². The van der Waals surface area contributed by atoms with Gasteiger partial charge in [-0.05, 0) is 28.5 Å². The van der Waals surface area contributed by atoms with Crippen LogP contribution >= 0.6 is 11.3 Å². The number of thiophene rings is 1. The Labute approximate surface area is 110 Å². The van der Waals surface area contributed by atoms with Crippen LogP contribution in [-0.4, -0.2) is 10.1 Å². The van der Waals surface area contributed by atoms with Gasteiger partial charge in [0.2, 0.25) is 0 Å². The maximum absolute atomic E-state index is 10.4. The third-order valence-corrected chi connectivity index (χ3v) is 3.95. The predicted molar refractivity (Wildman–Crippen MR) is 74.7 cm³/mol. The first kappa shape index (κ1) is 11.4. The van der Waals surface area contributed by atoms with E-state index in [1.807, 2.05) is 41.9 Å². The molecular weight excluding hydrogens is 242 g/mol. The molecule has 1 atom stereocenters. The maximum Gasteiger partial charge on any atom is 0.0844 e. The molecule has 3 aromatic rings. The molecule has 0 saturated heterocycles. The Morgan fingerprint density at radius 3 is 2.94 bits per heavy atom. The number of aromatic nitrogens is 1. The molecule has 0 radical (unpaired) electrons. The maximum atomic E-state index is 10.4. The van der Waals surface area contributed by atoms with Crippen LogP contribution < -0.4 is 0 Å². The Morgan fingerprint density at radius 2 is 2.11 bits per heavy atom. The predicted octanol–water partition coefficient (Wildman–Crippen LogP) is 3.57. The number of pyridine rings is 1. The molecule has 0 amide bonds. The van der Waals surface area contributed by atoms with E-state index in [0.29, 0.717) is 6.42 Å². The highest BCUT2D eigenvalue weighted by Gasteiger charge is 2.12. The van der Waals surface area contributed by atoms with Crippen molar-refractivity contribution >= 4 is 22.1 Å². The molecule has 2 heterocycles. The zero-order valence-corrected chi connectivity index (χ0v) is 10.6. The van der Waals surface area contributed by atoms with E-state index in [9.17, 15) is 5.11 Å². The number of hydrogen-bond donors (Lipinski definition) is 1. The molecule has 90 valence electrons. The van der Waals surface area contributed by atoms with Crippen molar-refractivity contribution in [2.45, 2.75) is 12.5 Å². The monoisotopic (exact) mass is 255 g/mol. The summed E-state index contributed by atoms with van der Waals surface area (Å²) >= 11 is 1.68. The summed E-state index contributed by atoms with van der Waals surface area (Å²) in [6, 6.07) is 12.0. The lowest BCUT2D eigenvalue weighted by molar-refractivity contribution is 0.181. The van der Waals surface area contributed by atoms with Gasteiger partial charge < -0.3 is 5.11 Å². The molecule has 1 aromatic carbocycles. The number of benzene rings is 1. The van der Waals surface area contributed by atoms with Crippen LogP contribution in [0.5, 0.6) is 0 Å². The van der Waals surface area contributed by atoms with Gasteiger partial charge in [0.1, 0.15) is 0 Å². The minimum atomic E-state index is -0.475. The van der Waals surface area contributed by atoms with Gasteiger partial charge in [0.15, 0.2) is 0 Å². The summed E-state index contributed by atoms with van der Waals surface area (Å²) in [7, 11) is 0. The van der Waals surface area contributed by atoms with Crippen LogP contribution in [0.25, 0.3) is 10.8 Å². The third kappa shape index (κ3) is 2.15. The Morgan fingerprint density at radius 1 is 1.17 bits per heavy atom. The highest BCUT2D eigenvalue weighted by molar-refractivity contribution is 7.09. The van der Waals surface area contributed by atoms with Crippen molar-refractivity contribution in [3.63, 3.8) is 0 Å². The number of aliphatic hydroxyl groups excluding tert-OH is 1. The van der Waals surface area contributed by atoms with E-state index in [-0.39, 0.29) is 0 Å². The molecule has 3 rings (SSSR count). The lowest BCUT2D eigenvalue weighted by Crippen LogP contribution is -2.01. The molecule has 2 nitrogen and oxygen atoms in total. The van der Waals surface area contributed by atoms with Crippen LogP contribution in [0.1, 0.15) is 16.5 Å². The lowest BCUT2D eigenvalue weighted by atomic mass is 10.00. The molecule has 0 spiro atoms. The molecule has 1 unspecified atom stereocenters. The topological polar surface area (TPSA) is 33.1 Å². The molecule has 3 heteroatoms. The molecule has 18 heavy (non-hydrogen) atoms. The van der Waals surface area contributed by atoms with Crippen molar-refractivity contribution in [2.75, 3.05) is 0 Å². The van der Waals surface area contributed by atoms with Crippen molar-refractivity contribution in [1.29, 1.82) is 0 Å². The fourth-order valence-corrected chi connectivity index (χ4v) is 2.90. The van der Waals surface area contributed by atoms with Gasteiger partial charge in [0.05, 0.1) is 6.10 Å². The molecule has 0 aliphatic heterocycles. The zero-order chi connectivity index (χ0) is 12.4. The second-order valence-electron chi connectivity index (χ2n) is 4.24. The number of aliphatic hydroxyl groups is 1. The Hall–Kier alpha value is -1.71. The minimum Gasteiger partial charge on any atom is -0.388 e. The van der Waals surface area contributed by atoms with Gasteiger partial charge in [-0.1, -0.05) is 24.3 Å². The number of rotatable bonds is 3. The largest absolute Gasteiger partial charge is 0.388 e. The van der Waals surface area contributed by atoms with Crippen LogP contribution in [0.4, 0.5) is 0 Å². The van der Waals surface area contributed by atoms with Crippen LogP contribution in [-0.2, 0) is 6.42 Å². The zero-order valence-electron chi connectivity index (χ0n) is 9.78. The third-order valence-electron chi connectivity index (χ3n) is 3.05. The molecule has 0 aliphatic rings. The van der Waals surface area contributed by atoms with E-state index in [1.165, 1.54) is 4.88 Å². The summed E-state index contributed by atoms with van der Waals surface area (Å²) in [6.07, 6.45) is 3.78. The summed E-state index contributed by atoms with van der Waals surface area (Å²) in [6.45, 7) is 0. The average Bonchev–Trinajstić information content (AvgIpc) is 2.91. The van der Waals surface area contributed by atoms with Crippen molar-refractivity contribution in [1.82, 2.24) is 4.98 Å². The first-order chi connectivity index (χ1) is 8.84. The molecule has 0 fully saturated rings. The molecule has 0 aliphatic carbocycles. The standard InChI is InChI=1S/C15H13NOS/c17-15(9-12-4-2-8-18-12)13-5-1-3-11-6-7-16-10-14(11)13/h1-8,10,15,17H,9H2. The first-order valence-electron chi connectivity index (χ1n) is 5.87.